The van der Waals surface area contributed by atoms with Crippen LogP contribution in [0.4, 0.5) is 10.6 Å². The van der Waals surface area contributed by atoms with Crippen LogP contribution in [0.15, 0.2) is 36.5 Å². The van der Waals surface area contributed by atoms with Crippen molar-refractivity contribution in [3.05, 3.63) is 47.7 Å². The topological polar surface area (TPSA) is 116 Å². The number of carbonyl (C=O) groups is 2. The molecule has 2 aromatic rings. The molecule has 2 heterocycles. The minimum atomic E-state index is -1.05. The van der Waals surface area contributed by atoms with Crippen LogP contribution in [0.5, 0.6) is 11.5 Å². The monoisotopic (exact) mass is 443 g/mol. The largest absolute Gasteiger partial charge is 0.497 e. The van der Waals surface area contributed by atoms with Crippen LogP contribution < -0.4 is 20.1 Å². The maximum Gasteiger partial charge on any atom is 0.404 e. The molecule has 0 radical (unpaired) electrons. The van der Waals surface area contributed by atoms with Crippen LogP contribution >= 0.6 is 0 Å². The number of aromatic nitrogens is 1. The highest BCUT2D eigenvalue weighted by Crippen LogP contribution is 2.26. The van der Waals surface area contributed by atoms with Gasteiger partial charge in [-0.05, 0) is 18.2 Å². The summed E-state index contributed by atoms with van der Waals surface area (Å²) in [4.78, 5) is 32.1. The number of methoxy groups -OCH3 is 2. The highest BCUT2D eigenvalue weighted by molar-refractivity contribution is 5.97. The first-order chi connectivity index (χ1) is 15.5. The molecule has 1 aromatic carbocycles. The first kappa shape index (κ1) is 23.1. The van der Waals surface area contributed by atoms with Gasteiger partial charge in [-0.25, -0.2) is 9.78 Å². The highest BCUT2D eigenvalue weighted by atomic mass is 16.5. The lowest BCUT2D eigenvalue weighted by Gasteiger charge is -2.35. The quantitative estimate of drug-likeness (QED) is 0.502. The molecule has 1 aliphatic heterocycles. The summed E-state index contributed by atoms with van der Waals surface area (Å²) in [6.45, 7) is 4.12. The fraction of sp³-hybridized carbons (Fsp3) is 0.409. The zero-order chi connectivity index (χ0) is 22.9. The predicted octanol–water partition coefficient (Wildman–Crippen LogP) is 1.74. The van der Waals surface area contributed by atoms with Crippen LogP contribution in [0, 0.1) is 0 Å². The molecule has 0 unspecified atom stereocenters. The normalized spacial score (nSPS) is 14.0. The SMILES string of the molecule is COc1ccc(C(=O)N2CCN(Cc3cccnc3NCCNC(=O)O)CC2)c(OC)c1. The number of anilines is 1. The Morgan fingerprint density at radius 1 is 1.09 bits per heavy atom. The number of pyridine rings is 1. The number of carbonyl (C=O) groups excluding carboxylic acids is 1. The maximum absolute atomic E-state index is 13.0. The Hall–Kier alpha value is -3.53. The Bertz CT molecular complexity index is 931. The van der Waals surface area contributed by atoms with Crippen molar-refractivity contribution in [2.45, 2.75) is 6.54 Å². The minimum Gasteiger partial charge on any atom is -0.497 e. The molecule has 172 valence electrons. The summed E-state index contributed by atoms with van der Waals surface area (Å²) in [5.74, 6) is 1.82. The van der Waals surface area contributed by atoms with Gasteiger partial charge in [0.05, 0.1) is 19.8 Å². The number of hydrogen-bond acceptors (Lipinski definition) is 7. The lowest BCUT2D eigenvalue weighted by molar-refractivity contribution is 0.0625. The molecule has 3 rings (SSSR count). The number of nitrogens with zero attached hydrogens (tertiary/aromatic N) is 3. The van der Waals surface area contributed by atoms with Crippen LogP contribution in [0.1, 0.15) is 15.9 Å². The molecule has 0 aliphatic carbocycles. The van der Waals surface area contributed by atoms with Gasteiger partial charge < -0.3 is 30.1 Å². The lowest BCUT2D eigenvalue weighted by Crippen LogP contribution is -2.48. The molecule has 0 atom stereocenters. The second-order valence-electron chi connectivity index (χ2n) is 7.30. The zero-order valence-electron chi connectivity index (χ0n) is 18.3. The van der Waals surface area contributed by atoms with Crippen molar-refractivity contribution < 1.29 is 24.2 Å². The van der Waals surface area contributed by atoms with Crippen molar-refractivity contribution in [2.75, 3.05) is 58.8 Å². The molecular weight excluding hydrogens is 414 g/mol. The molecule has 3 N–H and O–H groups in total. The number of ether oxygens (including phenoxy) is 2. The molecule has 1 aromatic heterocycles. The van der Waals surface area contributed by atoms with Gasteiger partial charge in [0, 0.05) is 63.6 Å². The van der Waals surface area contributed by atoms with Gasteiger partial charge in [0.15, 0.2) is 0 Å². The van der Waals surface area contributed by atoms with Gasteiger partial charge >= 0.3 is 6.09 Å². The van der Waals surface area contributed by atoms with E-state index in [9.17, 15) is 9.59 Å². The second-order valence-corrected chi connectivity index (χ2v) is 7.30. The van der Waals surface area contributed by atoms with Crippen molar-refractivity contribution in [3.8, 4) is 11.5 Å². The van der Waals surface area contributed by atoms with Crippen molar-refractivity contribution in [3.63, 3.8) is 0 Å². The van der Waals surface area contributed by atoms with E-state index in [0.717, 1.165) is 24.5 Å². The van der Waals surface area contributed by atoms with Gasteiger partial charge in [-0.1, -0.05) is 6.07 Å². The number of nitrogens with one attached hydrogen (secondary N) is 2. The summed E-state index contributed by atoms with van der Waals surface area (Å²) in [7, 11) is 3.12. The van der Waals surface area contributed by atoms with Crippen molar-refractivity contribution in [1.82, 2.24) is 20.1 Å². The van der Waals surface area contributed by atoms with Crippen molar-refractivity contribution >= 4 is 17.8 Å². The van der Waals surface area contributed by atoms with E-state index in [0.29, 0.717) is 49.8 Å². The first-order valence-electron chi connectivity index (χ1n) is 10.4. The number of benzene rings is 1. The molecule has 0 bridgehead atoms. The summed E-state index contributed by atoms with van der Waals surface area (Å²) in [6.07, 6.45) is 0.655. The van der Waals surface area contributed by atoms with Crippen LogP contribution in [0.2, 0.25) is 0 Å². The van der Waals surface area contributed by atoms with Crippen LogP contribution in [-0.2, 0) is 6.54 Å². The van der Waals surface area contributed by atoms with Crippen LogP contribution in [0.3, 0.4) is 0 Å². The Balaban J connectivity index is 1.55. The van der Waals surface area contributed by atoms with Gasteiger partial charge in [-0.2, -0.15) is 0 Å². The summed E-state index contributed by atoms with van der Waals surface area (Å²) in [6, 6.07) is 9.09. The fourth-order valence-electron chi connectivity index (χ4n) is 3.57. The van der Waals surface area contributed by atoms with E-state index >= 15 is 0 Å². The van der Waals surface area contributed by atoms with E-state index in [1.54, 1.807) is 38.6 Å². The van der Waals surface area contributed by atoms with Gasteiger partial charge in [0.25, 0.3) is 5.91 Å². The Morgan fingerprint density at radius 3 is 2.56 bits per heavy atom. The number of carboxylic acid groups (broad SMARTS) is 1. The summed E-state index contributed by atoms with van der Waals surface area (Å²) >= 11 is 0. The Labute approximate surface area is 187 Å². The Kier molecular flexibility index (Phi) is 8.09. The summed E-state index contributed by atoms with van der Waals surface area (Å²) in [5.41, 5.74) is 1.55. The molecule has 10 heteroatoms. The molecule has 0 spiro atoms. The average Bonchev–Trinajstić information content (AvgIpc) is 2.82. The summed E-state index contributed by atoms with van der Waals surface area (Å²) < 4.78 is 10.6. The number of amides is 2. The third-order valence-corrected chi connectivity index (χ3v) is 5.28. The van der Waals surface area contributed by atoms with E-state index in [2.05, 4.69) is 20.5 Å². The molecule has 2 amide bonds. The zero-order valence-corrected chi connectivity index (χ0v) is 18.3. The van der Waals surface area contributed by atoms with E-state index in [-0.39, 0.29) is 5.91 Å². The molecule has 10 nitrogen and oxygen atoms in total. The van der Waals surface area contributed by atoms with Gasteiger partial charge in [0.1, 0.15) is 17.3 Å². The third kappa shape index (κ3) is 6.01. The standard InChI is InChI=1S/C22H29N5O5/c1-31-17-5-6-18(19(14-17)32-2)21(28)27-12-10-26(11-13-27)15-16-4-3-7-23-20(16)24-8-9-25-22(29)30/h3-7,14,25H,8-13,15H2,1-2H3,(H,23,24)(H,29,30). The van der Waals surface area contributed by atoms with Crippen molar-refractivity contribution in [2.24, 2.45) is 0 Å². The average molecular weight is 444 g/mol. The second kappa shape index (κ2) is 11.2. The van der Waals surface area contributed by atoms with E-state index in [1.165, 1.54) is 0 Å². The molecule has 1 saturated heterocycles. The molecule has 1 fully saturated rings. The number of hydrogen-bond donors (Lipinski definition) is 3. The summed E-state index contributed by atoms with van der Waals surface area (Å²) in [5, 5.41) is 14.2. The molecular formula is C22H29N5O5. The molecule has 32 heavy (non-hydrogen) atoms. The van der Waals surface area contributed by atoms with E-state index in [1.807, 2.05) is 17.0 Å². The van der Waals surface area contributed by atoms with Gasteiger partial charge in [-0.3, -0.25) is 9.69 Å². The van der Waals surface area contributed by atoms with Gasteiger partial charge in [-0.15, -0.1) is 0 Å². The third-order valence-electron chi connectivity index (χ3n) is 5.28. The number of rotatable bonds is 9. The van der Waals surface area contributed by atoms with Gasteiger partial charge in [0.2, 0.25) is 0 Å². The lowest BCUT2D eigenvalue weighted by atomic mass is 10.1. The number of piperazine rings is 1. The highest BCUT2D eigenvalue weighted by Gasteiger charge is 2.25. The molecule has 1 aliphatic rings. The first-order valence-corrected chi connectivity index (χ1v) is 10.4. The van der Waals surface area contributed by atoms with Crippen LogP contribution in [0.25, 0.3) is 0 Å². The van der Waals surface area contributed by atoms with Crippen molar-refractivity contribution in [1.29, 1.82) is 0 Å². The smallest absolute Gasteiger partial charge is 0.404 e. The minimum absolute atomic E-state index is 0.0567. The fourth-order valence-corrected chi connectivity index (χ4v) is 3.57. The van der Waals surface area contributed by atoms with E-state index < -0.39 is 6.09 Å². The predicted molar refractivity (Wildman–Crippen MR) is 119 cm³/mol. The maximum atomic E-state index is 13.0. The van der Waals surface area contributed by atoms with Crippen LogP contribution in [-0.4, -0.2) is 85.4 Å². The molecule has 0 saturated carbocycles. The Morgan fingerprint density at radius 2 is 1.88 bits per heavy atom. The van der Waals surface area contributed by atoms with E-state index in [4.69, 9.17) is 14.6 Å².